The Bertz CT molecular complexity index is 403. The summed E-state index contributed by atoms with van der Waals surface area (Å²) in [7, 11) is 1.83. The molecule has 1 rings (SSSR count). The van der Waals surface area contributed by atoms with E-state index in [0.717, 1.165) is 5.56 Å². The van der Waals surface area contributed by atoms with Gasteiger partial charge in [0.05, 0.1) is 6.04 Å². The first-order chi connectivity index (χ1) is 8.20. The van der Waals surface area contributed by atoms with Crippen LogP contribution >= 0.6 is 0 Å². The molecule has 0 aliphatic carbocycles. The molecule has 0 heterocycles. The SMILES string of the molecule is Cc1ccc(C(C)N(C)C(=O)CC(C)(C)N)cc1. The lowest BCUT2D eigenvalue weighted by Crippen LogP contribution is -2.40. The predicted molar refractivity (Wildman–Crippen MR) is 75.2 cm³/mol. The topological polar surface area (TPSA) is 46.3 Å². The van der Waals surface area contributed by atoms with E-state index in [4.69, 9.17) is 5.73 Å². The molecule has 3 nitrogen and oxygen atoms in total. The standard InChI is InChI=1S/C15H24N2O/c1-11-6-8-13(9-7-11)12(2)17(5)14(18)10-15(3,4)16/h6-9,12H,10,16H2,1-5H3. The number of hydrogen-bond donors (Lipinski definition) is 1. The van der Waals surface area contributed by atoms with Crippen molar-refractivity contribution in [1.82, 2.24) is 4.90 Å². The van der Waals surface area contributed by atoms with Crippen LogP contribution in [0.4, 0.5) is 0 Å². The molecule has 0 aromatic heterocycles. The van der Waals surface area contributed by atoms with E-state index in [-0.39, 0.29) is 11.9 Å². The van der Waals surface area contributed by atoms with Gasteiger partial charge in [0.15, 0.2) is 0 Å². The number of benzene rings is 1. The van der Waals surface area contributed by atoms with Crippen molar-refractivity contribution < 1.29 is 4.79 Å². The smallest absolute Gasteiger partial charge is 0.224 e. The molecule has 0 aliphatic heterocycles. The Morgan fingerprint density at radius 2 is 1.83 bits per heavy atom. The van der Waals surface area contributed by atoms with Crippen molar-refractivity contribution in [2.24, 2.45) is 5.73 Å². The summed E-state index contributed by atoms with van der Waals surface area (Å²) in [5.41, 5.74) is 7.80. The zero-order valence-corrected chi connectivity index (χ0v) is 12.0. The molecule has 0 aliphatic rings. The fourth-order valence-corrected chi connectivity index (χ4v) is 1.80. The van der Waals surface area contributed by atoms with Gasteiger partial charge in [0.1, 0.15) is 0 Å². The Morgan fingerprint density at radius 1 is 1.33 bits per heavy atom. The molecular weight excluding hydrogens is 224 g/mol. The van der Waals surface area contributed by atoms with Crippen LogP contribution in [0, 0.1) is 6.92 Å². The summed E-state index contributed by atoms with van der Waals surface area (Å²) >= 11 is 0. The molecule has 0 saturated carbocycles. The molecule has 1 amide bonds. The van der Waals surface area contributed by atoms with Crippen LogP contribution in [-0.4, -0.2) is 23.4 Å². The second-order valence-corrected chi connectivity index (χ2v) is 5.76. The minimum Gasteiger partial charge on any atom is -0.339 e. The molecule has 3 heteroatoms. The highest BCUT2D eigenvalue weighted by molar-refractivity contribution is 5.77. The van der Waals surface area contributed by atoms with Crippen LogP contribution in [0.1, 0.15) is 44.4 Å². The van der Waals surface area contributed by atoms with Gasteiger partial charge in [-0.25, -0.2) is 0 Å². The van der Waals surface area contributed by atoms with Gasteiger partial charge in [0, 0.05) is 19.0 Å². The third-order valence-electron chi connectivity index (χ3n) is 3.14. The first-order valence-electron chi connectivity index (χ1n) is 6.32. The average molecular weight is 248 g/mol. The van der Waals surface area contributed by atoms with Gasteiger partial charge in [0.25, 0.3) is 0 Å². The van der Waals surface area contributed by atoms with Crippen molar-refractivity contribution in [2.75, 3.05) is 7.05 Å². The van der Waals surface area contributed by atoms with Gasteiger partial charge in [-0.2, -0.15) is 0 Å². The van der Waals surface area contributed by atoms with E-state index in [1.165, 1.54) is 5.56 Å². The Balaban J connectivity index is 2.74. The maximum absolute atomic E-state index is 12.1. The van der Waals surface area contributed by atoms with Crippen molar-refractivity contribution in [1.29, 1.82) is 0 Å². The molecule has 0 spiro atoms. The lowest BCUT2D eigenvalue weighted by atomic mass is 10.00. The molecule has 100 valence electrons. The third kappa shape index (κ3) is 4.15. The molecule has 1 aromatic rings. The second-order valence-electron chi connectivity index (χ2n) is 5.76. The molecule has 0 saturated heterocycles. The monoisotopic (exact) mass is 248 g/mol. The lowest BCUT2D eigenvalue weighted by molar-refractivity contribution is -0.132. The fraction of sp³-hybridized carbons (Fsp3) is 0.533. The van der Waals surface area contributed by atoms with E-state index in [9.17, 15) is 4.79 Å². The number of nitrogens with two attached hydrogens (primary N) is 1. The van der Waals surface area contributed by atoms with E-state index < -0.39 is 5.54 Å². The van der Waals surface area contributed by atoms with Crippen molar-refractivity contribution in [3.63, 3.8) is 0 Å². The van der Waals surface area contributed by atoms with E-state index in [1.807, 2.05) is 27.8 Å². The van der Waals surface area contributed by atoms with Crippen LogP contribution in [0.3, 0.4) is 0 Å². The first kappa shape index (κ1) is 14.7. The highest BCUT2D eigenvalue weighted by Gasteiger charge is 2.22. The van der Waals surface area contributed by atoms with Crippen molar-refractivity contribution in [3.8, 4) is 0 Å². The average Bonchev–Trinajstić information content (AvgIpc) is 2.26. The summed E-state index contributed by atoms with van der Waals surface area (Å²) in [6.45, 7) is 7.83. The molecule has 0 radical (unpaired) electrons. The van der Waals surface area contributed by atoms with Gasteiger partial charge in [0.2, 0.25) is 5.91 Å². The molecule has 18 heavy (non-hydrogen) atoms. The third-order valence-corrected chi connectivity index (χ3v) is 3.14. The Morgan fingerprint density at radius 3 is 2.28 bits per heavy atom. The zero-order chi connectivity index (χ0) is 13.9. The minimum absolute atomic E-state index is 0.0699. The molecule has 1 unspecified atom stereocenters. The number of hydrogen-bond acceptors (Lipinski definition) is 2. The van der Waals surface area contributed by atoms with Crippen LogP contribution in [0.25, 0.3) is 0 Å². The van der Waals surface area contributed by atoms with E-state index in [1.54, 1.807) is 4.90 Å². The van der Waals surface area contributed by atoms with Gasteiger partial charge >= 0.3 is 0 Å². The first-order valence-corrected chi connectivity index (χ1v) is 6.32. The number of nitrogens with zero attached hydrogens (tertiary/aromatic N) is 1. The van der Waals surface area contributed by atoms with Crippen molar-refractivity contribution in [3.05, 3.63) is 35.4 Å². The number of amides is 1. The summed E-state index contributed by atoms with van der Waals surface area (Å²) in [4.78, 5) is 13.8. The summed E-state index contributed by atoms with van der Waals surface area (Å²) in [5.74, 6) is 0.0792. The van der Waals surface area contributed by atoms with Crippen LogP contribution in [0.2, 0.25) is 0 Å². The molecular formula is C15H24N2O. The Kier molecular flexibility index (Phi) is 4.52. The Labute approximate surface area is 110 Å². The summed E-state index contributed by atoms with van der Waals surface area (Å²) in [6.07, 6.45) is 0.361. The molecule has 2 N–H and O–H groups in total. The zero-order valence-electron chi connectivity index (χ0n) is 12.0. The molecule has 0 fully saturated rings. The number of rotatable bonds is 4. The van der Waals surface area contributed by atoms with E-state index in [2.05, 4.69) is 31.2 Å². The summed E-state index contributed by atoms with van der Waals surface area (Å²) < 4.78 is 0. The van der Waals surface area contributed by atoms with E-state index >= 15 is 0 Å². The summed E-state index contributed by atoms with van der Waals surface area (Å²) in [6, 6.07) is 8.34. The summed E-state index contributed by atoms with van der Waals surface area (Å²) in [5, 5.41) is 0. The fourth-order valence-electron chi connectivity index (χ4n) is 1.80. The van der Waals surface area contributed by atoms with Gasteiger partial charge in [-0.05, 0) is 33.3 Å². The predicted octanol–water partition coefficient (Wildman–Crippen LogP) is 2.64. The van der Waals surface area contributed by atoms with Crippen LogP contribution in [0.5, 0.6) is 0 Å². The molecule has 1 aromatic carbocycles. The number of aryl methyl sites for hydroxylation is 1. The van der Waals surface area contributed by atoms with Gasteiger partial charge in [-0.1, -0.05) is 29.8 Å². The lowest BCUT2D eigenvalue weighted by Gasteiger charge is -2.28. The Hall–Kier alpha value is -1.35. The number of carbonyl (C=O) groups excluding carboxylic acids is 1. The van der Waals surface area contributed by atoms with Crippen LogP contribution in [-0.2, 0) is 4.79 Å². The van der Waals surface area contributed by atoms with Gasteiger partial charge < -0.3 is 10.6 Å². The van der Waals surface area contributed by atoms with Gasteiger partial charge in [-0.15, -0.1) is 0 Å². The minimum atomic E-state index is -0.460. The largest absolute Gasteiger partial charge is 0.339 e. The highest BCUT2D eigenvalue weighted by Crippen LogP contribution is 2.21. The maximum atomic E-state index is 12.1. The molecule has 0 bridgehead atoms. The quantitative estimate of drug-likeness (QED) is 0.890. The number of carbonyl (C=O) groups is 1. The second kappa shape index (κ2) is 5.53. The van der Waals surface area contributed by atoms with Gasteiger partial charge in [-0.3, -0.25) is 4.79 Å². The van der Waals surface area contributed by atoms with Crippen LogP contribution < -0.4 is 5.73 Å². The highest BCUT2D eigenvalue weighted by atomic mass is 16.2. The van der Waals surface area contributed by atoms with E-state index in [0.29, 0.717) is 6.42 Å². The maximum Gasteiger partial charge on any atom is 0.224 e. The molecule has 1 atom stereocenters. The van der Waals surface area contributed by atoms with Crippen molar-refractivity contribution >= 4 is 5.91 Å². The van der Waals surface area contributed by atoms with Crippen LogP contribution in [0.15, 0.2) is 24.3 Å². The van der Waals surface area contributed by atoms with Crippen molar-refractivity contribution in [2.45, 2.75) is 45.7 Å². The normalized spacial score (nSPS) is 13.2.